The number of aryl methyl sites for hydroxylation is 1. The topological polar surface area (TPSA) is 42.1 Å². The molecule has 0 aliphatic rings. The summed E-state index contributed by atoms with van der Waals surface area (Å²) in [5.41, 5.74) is 7.55. The maximum atomic E-state index is 5.69. The zero-order valence-corrected chi connectivity index (χ0v) is 8.54. The van der Waals surface area contributed by atoms with E-state index in [1.54, 1.807) is 6.20 Å². The number of hydrogen-bond donors (Lipinski definition) is 1. The molecule has 72 valence electrons. The first-order valence-electron chi connectivity index (χ1n) is 4.66. The van der Waals surface area contributed by atoms with Gasteiger partial charge in [0.2, 0.25) is 0 Å². The van der Waals surface area contributed by atoms with Crippen molar-refractivity contribution in [2.75, 3.05) is 23.7 Å². The van der Waals surface area contributed by atoms with Crippen LogP contribution in [0.2, 0.25) is 0 Å². The summed E-state index contributed by atoms with van der Waals surface area (Å²) in [6.45, 7) is 8.21. The van der Waals surface area contributed by atoms with Crippen molar-refractivity contribution in [2.45, 2.75) is 20.8 Å². The van der Waals surface area contributed by atoms with Gasteiger partial charge >= 0.3 is 0 Å². The smallest absolute Gasteiger partial charge is 0.128 e. The molecule has 3 heteroatoms. The van der Waals surface area contributed by atoms with Crippen molar-refractivity contribution in [3.05, 3.63) is 17.8 Å². The number of pyridine rings is 1. The molecule has 0 fully saturated rings. The van der Waals surface area contributed by atoms with Crippen molar-refractivity contribution in [3.63, 3.8) is 0 Å². The van der Waals surface area contributed by atoms with Crippen LogP contribution in [0, 0.1) is 6.92 Å². The summed E-state index contributed by atoms with van der Waals surface area (Å²) < 4.78 is 0. The molecule has 0 saturated carbocycles. The fourth-order valence-electron chi connectivity index (χ4n) is 1.27. The van der Waals surface area contributed by atoms with Gasteiger partial charge in [0.1, 0.15) is 5.82 Å². The van der Waals surface area contributed by atoms with Crippen LogP contribution in [-0.2, 0) is 0 Å². The lowest BCUT2D eigenvalue weighted by Crippen LogP contribution is -2.23. The van der Waals surface area contributed by atoms with Crippen molar-refractivity contribution in [3.8, 4) is 0 Å². The summed E-state index contributed by atoms with van der Waals surface area (Å²) in [6, 6.07) is 2.03. The molecular weight excluding hydrogens is 162 g/mol. The lowest BCUT2D eigenvalue weighted by molar-refractivity contribution is 0.845. The van der Waals surface area contributed by atoms with Gasteiger partial charge in [-0.15, -0.1) is 0 Å². The molecule has 0 unspecified atom stereocenters. The Morgan fingerprint density at radius 1 is 1.38 bits per heavy atom. The Bertz CT molecular complexity index is 279. The molecule has 0 atom stereocenters. The van der Waals surface area contributed by atoms with E-state index in [9.17, 15) is 0 Å². The highest BCUT2D eigenvalue weighted by Crippen LogP contribution is 2.16. The third-order valence-corrected chi connectivity index (χ3v) is 2.22. The molecule has 0 aliphatic heterocycles. The van der Waals surface area contributed by atoms with E-state index in [1.165, 1.54) is 0 Å². The molecule has 1 aromatic rings. The van der Waals surface area contributed by atoms with E-state index in [-0.39, 0.29) is 0 Å². The minimum Gasteiger partial charge on any atom is -0.397 e. The number of nitrogens with zero attached hydrogens (tertiary/aromatic N) is 2. The van der Waals surface area contributed by atoms with Gasteiger partial charge in [0.25, 0.3) is 0 Å². The number of anilines is 2. The van der Waals surface area contributed by atoms with Crippen molar-refractivity contribution >= 4 is 11.5 Å². The van der Waals surface area contributed by atoms with E-state index < -0.39 is 0 Å². The molecule has 0 aromatic carbocycles. The van der Waals surface area contributed by atoms with Gasteiger partial charge in [0.05, 0.1) is 11.9 Å². The summed E-state index contributed by atoms with van der Waals surface area (Å²) in [7, 11) is 0. The molecule has 0 bridgehead atoms. The first kappa shape index (κ1) is 9.84. The maximum Gasteiger partial charge on any atom is 0.128 e. The van der Waals surface area contributed by atoms with Gasteiger partial charge in [-0.25, -0.2) is 4.98 Å². The first-order chi connectivity index (χ1) is 6.19. The van der Waals surface area contributed by atoms with E-state index in [4.69, 9.17) is 5.73 Å². The normalized spacial score (nSPS) is 10.1. The Balaban J connectivity index is 2.95. The summed E-state index contributed by atoms with van der Waals surface area (Å²) in [4.78, 5) is 6.48. The second-order valence-electron chi connectivity index (χ2n) is 3.07. The van der Waals surface area contributed by atoms with Crippen LogP contribution in [0.5, 0.6) is 0 Å². The third kappa shape index (κ3) is 2.11. The van der Waals surface area contributed by atoms with E-state index in [1.807, 2.05) is 13.0 Å². The Morgan fingerprint density at radius 3 is 2.46 bits per heavy atom. The number of hydrogen-bond acceptors (Lipinski definition) is 3. The van der Waals surface area contributed by atoms with Crippen LogP contribution in [0.4, 0.5) is 11.5 Å². The molecule has 0 radical (unpaired) electrons. The lowest BCUT2D eigenvalue weighted by atomic mass is 10.2. The van der Waals surface area contributed by atoms with Gasteiger partial charge in [-0.2, -0.15) is 0 Å². The Labute approximate surface area is 79.6 Å². The molecule has 1 rings (SSSR count). The van der Waals surface area contributed by atoms with Crippen LogP contribution in [0.25, 0.3) is 0 Å². The van der Waals surface area contributed by atoms with Gasteiger partial charge in [0, 0.05) is 13.1 Å². The summed E-state index contributed by atoms with van der Waals surface area (Å²) in [5, 5.41) is 0. The second kappa shape index (κ2) is 4.12. The molecule has 1 aromatic heterocycles. The van der Waals surface area contributed by atoms with Crippen LogP contribution < -0.4 is 10.6 Å². The monoisotopic (exact) mass is 179 g/mol. The minimum absolute atomic E-state index is 0.760. The molecule has 0 amide bonds. The van der Waals surface area contributed by atoms with Crippen molar-refractivity contribution in [1.29, 1.82) is 0 Å². The van der Waals surface area contributed by atoms with Gasteiger partial charge in [0.15, 0.2) is 0 Å². The lowest BCUT2D eigenvalue weighted by Gasteiger charge is -2.20. The van der Waals surface area contributed by atoms with Gasteiger partial charge in [-0.1, -0.05) is 0 Å². The predicted octanol–water partition coefficient (Wildman–Crippen LogP) is 1.82. The predicted molar refractivity (Wildman–Crippen MR) is 56.9 cm³/mol. The van der Waals surface area contributed by atoms with E-state index in [0.29, 0.717) is 0 Å². The van der Waals surface area contributed by atoms with Crippen molar-refractivity contribution < 1.29 is 0 Å². The summed E-state index contributed by atoms with van der Waals surface area (Å²) >= 11 is 0. The number of rotatable bonds is 3. The number of nitrogen functional groups attached to an aromatic ring is 1. The van der Waals surface area contributed by atoms with Gasteiger partial charge in [-0.05, 0) is 32.4 Å². The molecule has 3 nitrogen and oxygen atoms in total. The third-order valence-electron chi connectivity index (χ3n) is 2.22. The van der Waals surface area contributed by atoms with Crippen molar-refractivity contribution in [1.82, 2.24) is 4.98 Å². The highest BCUT2D eigenvalue weighted by Gasteiger charge is 2.03. The standard InChI is InChI=1S/C10H17N3/c1-4-13(5-2)10-6-8(3)9(11)7-12-10/h6-7H,4-5,11H2,1-3H3. The first-order valence-corrected chi connectivity index (χ1v) is 4.66. The molecule has 0 spiro atoms. The van der Waals surface area contributed by atoms with Gasteiger partial charge in [-0.3, -0.25) is 0 Å². The summed E-state index contributed by atoms with van der Waals surface area (Å²) in [5.74, 6) is 1.01. The van der Waals surface area contributed by atoms with Crippen LogP contribution >= 0.6 is 0 Å². The van der Waals surface area contributed by atoms with Crippen LogP contribution in [0.3, 0.4) is 0 Å². The fourth-order valence-corrected chi connectivity index (χ4v) is 1.27. The van der Waals surface area contributed by atoms with Crippen LogP contribution in [-0.4, -0.2) is 18.1 Å². The quantitative estimate of drug-likeness (QED) is 0.769. The average molecular weight is 179 g/mol. The highest BCUT2D eigenvalue weighted by molar-refractivity contribution is 5.51. The molecule has 13 heavy (non-hydrogen) atoms. The second-order valence-corrected chi connectivity index (χ2v) is 3.07. The van der Waals surface area contributed by atoms with E-state index in [0.717, 1.165) is 30.2 Å². The molecule has 0 aliphatic carbocycles. The minimum atomic E-state index is 0.760. The van der Waals surface area contributed by atoms with Gasteiger partial charge < -0.3 is 10.6 Å². The Morgan fingerprint density at radius 2 is 2.00 bits per heavy atom. The van der Waals surface area contributed by atoms with E-state index in [2.05, 4.69) is 23.7 Å². The SMILES string of the molecule is CCN(CC)c1cc(C)c(N)cn1. The van der Waals surface area contributed by atoms with Crippen LogP contribution in [0.1, 0.15) is 19.4 Å². The van der Waals surface area contributed by atoms with Crippen molar-refractivity contribution in [2.24, 2.45) is 0 Å². The average Bonchev–Trinajstić information content (AvgIpc) is 2.13. The fraction of sp³-hybridized carbons (Fsp3) is 0.500. The number of nitrogens with two attached hydrogens (primary N) is 1. The number of aromatic nitrogens is 1. The Hall–Kier alpha value is -1.25. The largest absolute Gasteiger partial charge is 0.397 e. The maximum absolute atomic E-state index is 5.69. The zero-order valence-electron chi connectivity index (χ0n) is 8.54. The van der Waals surface area contributed by atoms with Crippen LogP contribution in [0.15, 0.2) is 12.3 Å². The molecule has 0 saturated heterocycles. The zero-order chi connectivity index (χ0) is 9.84. The highest BCUT2D eigenvalue weighted by atomic mass is 15.2. The molecule has 2 N–H and O–H groups in total. The molecule has 1 heterocycles. The Kier molecular flexibility index (Phi) is 3.12. The summed E-state index contributed by atoms with van der Waals surface area (Å²) in [6.07, 6.45) is 1.73. The molecular formula is C10H17N3. The van der Waals surface area contributed by atoms with E-state index >= 15 is 0 Å².